The molecule has 0 aromatic carbocycles. The number of nitrogens with zero attached hydrogens (tertiary/aromatic N) is 1. The minimum Gasteiger partial charge on any atom is -0.379 e. The highest BCUT2D eigenvalue weighted by Gasteiger charge is 2.25. The zero-order valence-electron chi connectivity index (χ0n) is 10.8. The second-order valence-electron chi connectivity index (χ2n) is 4.93. The minimum atomic E-state index is -0.467. The lowest BCUT2D eigenvalue weighted by Gasteiger charge is -2.22. The molecule has 18 heavy (non-hydrogen) atoms. The first-order chi connectivity index (χ1) is 8.66. The smallest absolute Gasteiger partial charge is 0.315 e. The van der Waals surface area contributed by atoms with Crippen LogP contribution in [0.4, 0.5) is 4.79 Å². The van der Waals surface area contributed by atoms with Crippen LogP contribution in [0.5, 0.6) is 0 Å². The number of rotatable bonds is 3. The van der Waals surface area contributed by atoms with Crippen LogP contribution in [0.15, 0.2) is 0 Å². The van der Waals surface area contributed by atoms with Gasteiger partial charge in [0.25, 0.3) is 0 Å². The Morgan fingerprint density at radius 2 is 2.06 bits per heavy atom. The van der Waals surface area contributed by atoms with Gasteiger partial charge in [-0.1, -0.05) is 0 Å². The van der Waals surface area contributed by atoms with Gasteiger partial charge in [-0.3, -0.25) is 4.79 Å². The van der Waals surface area contributed by atoms with Crippen LogP contribution < -0.4 is 10.6 Å². The molecule has 2 unspecified atom stereocenters. The number of nitrogens with one attached hydrogen (secondary N) is 2. The Labute approximate surface area is 107 Å². The molecule has 2 aliphatic rings. The van der Waals surface area contributed by atoms with E-state index in [4.69, 9.17) is 4.74 Å². The van der Waals surface area contributed by atoms with Crippen molar-refractivity contribution in [2.45, 2.75) is 38.3 Å². The van der Waals surface area contributed by atoms with Crippen LogP contribution in [0.2, 0.25) is 0 Å². The summed E-state index contributed by atoms with van der Waals surface area (Å²) >= 11 is 0. The summed E-state index contributed by atoms with van der Waals surface area (Å²) in [6.45, 7) is 4.59. The van der Waals surface area contributed by atoms with Crippen molar-refractivity contribution >= 4 is 11.9 Å². The normalized spacial score (nSPS) is 24.9. The zero-order valence-corrected chi connectivity index (χ0v) is 10.8. The van der Waals surface area contributed by atoms with E-state index >= 15 is 0 Å². The highest BCUT2D eigenvalue weighted by Crippen LogP contribution is 2.09. The van der Waals surface area contributed by atoms with Gasteiger partial charge < -0.3 is 20.3 Å². The summed E-state index contributed by atoms with van der Waals surface area (Å²) < 4.78 is 5.17. The lowest BCUT2D eigenvalue weighted by Crippen LogP contribution is -2.51. The van der Waals surface area contributed by atoms with Crippen molar-refractivity contribution in [2.75, 3.05) is 26.3 Å². The number of likely N-dealkylation sites (tertiary alicyclic amines) is 1. The Balaban J connectivity index is 1.73. The van der Waals surface area contributed by atoms with Gasteiger partial charge in [-0.15, -0.1) is 0 Å². The number of hydrogen-bond acceptors (Lipinski definition) is 3. The van der Waals surface area contributed by atoms with E-state index in [1.807, 2.05) is 4.90 Å². The molecule has 3 amide bonds. The fourth-order valence-corrected chi connectivity index (χ4v) is 2.35. The number of hydrogen-bond donors (Lipinski definition) is 2. The second-order valence-corrected chi connectivity index (χ2v) is 4.93. The van der Waals surface area contributed by atoms with Crippen LogP contribution in [0.3, 0.4) is 0 Å². The first kappa shape index (κ1) is 13.1. The molecule has 2 rings (SSSR count). The zero-order chi connectivity index (χ0) is 13.0. The Kier molecular flexibility index (Phi) is 4.41. The quantitative estimate of drug-likeness (QED) is 0.750. The molecule has 6 nitrogen and oxygen atoms in total. The average Bonchev–Trinajstić information content (AvgIpc) is 2.99. The monoisotopic (exact) mass is 255 g/mol. The van der Waals surface area contributed by atoms with Crippen molar-refractivity contribution in [1.29, 1.82) is 0 Å². The Morgan fingerprint density at radius 3 is 2.67 bits per heavy atom. The van der Waals surface area contributed by atoms with E-state index < -0.39 is 6.04 Å². The van der Waals surface area contributed by atoms with Crippen molar-refractivity contribution in [3.63, 3.8) is 0 Å². The van der Waals surface area contributed by atoms with Gasteiger partial charge in [0.15, 0.2) is 0 Å². The summed E-state index contributed by atoms with van der Waals surface area (Å²) in [6.07, 6.45) is 2.95. The molecule has 0 aromatic heterocycles. The van der Waals surface area contributed by atoms with Crippen LogP contribution in [0.25, 0.3) is 0 Å². The van der Waals surface area contributed by atoms with Gasteiger partial charge in [0.1, 0.15) is 6.04 Å². The molecule has 0 aliphatic carbocycles. The lowest BCUT2D eigenvalue weighted by molar-refractivity contribution is -0.131. The SMILES string of the molecule is CC(NC(=O)NC1CCOC1)C(=O)N1CCCC1. The third-order valence-corrected chi connectivity index (χ3v) is 3.40. The highest BCUT2D eigenvalue weighted by atomic mass is 16.5. The van der Waals surface area contributed by atoms with Gasteiger partial charge in [-0.05, 0) is 26.2 Å². The highest BCUT2D eigenvalue weighted by molar-refractivity contribution is 5.86. The first-order valence-corrected chi connectivity index (χ1v) is 6.60. The molecule has 2 heterocycles. The van der Waals surface area contributed by atoms with Crippen LogP contribution in [0.1, 0.15) is 26.2 Å². The van der Waals surface area contributed by atoms with Crippen LogP contribution in [-0.4, -0.2) is 55.2 Å². The summed E-state index contributed by atoms with van der Waals surface area (Å²) in [5.41, 5.74) is 0. The number of carbonyl (C=O) groups excluding carboxylic acids is 2. The average molecular weight is 255 g/mol. The fourth-order valence-electron chi connectivity index (χ4n) is 2.35. The van der Waals surface area contributed by atoms with Gasteiger partial charge in [0.2, 0.25) is 5.91 Å². The van der Waals surface area contributed by atoms with Crippen molar-refractivity contribution in [3.05, 3.63) is 0 Å². The molecule has 0 radical (unpaired) electrons. The van der Waals surface area contributed by atoms with Gasteiger partial charge in [0.05, 0.1) is 12.6 Å². The molecular formula is C12H21N3O3. The summed E-state index contributed by atoms with van der Waals surface area (Å²) in [7, 11) is 0. The van der Waals surface area contributed by atoms with Crippen molar-refractivity contribution in [2.24, 2.45) is 0 Å². The largest absolute Gasteiger partial charge is 0.379 e. The van der Waals surface area contributed by atoms with Crippen LogP contribution in [0, 0.1) is 0 Å². The number of amides is 3. The van der Waals surface area contributed by atoms with E-state index in [-0.39, 0.29) is 18.0 Å². The topological polar surface area (TPSA) is 70.7 Å². The van der Waals surface area contributed by atoms with Crippen LogP contribution >= 0.6 is 0 Å². The molecule has 6 heteroatoms. The van der Waals surface area contributed by atoms with Gasteiger partial charge >= 0.3 is 6.03 Å². The Bertz CT molecular complexity index is 310. The van der Waals surface area contributed by atoms with E-state index in [2.05, 4.69) is 10.6 Å². The molecule has 0 aromatic rings. The third kappa shape index (κ3) is 3.35. The molecule has 2 fully saturated rings. The standard InChI is InChI=1S/C12H21N3O3/c1-9(11(16)15-5-2-3-6-15)13-12(17)14-10-4-7-18-8-10/h9-10H,2-8H2,1H3,(H2,13,14,17). The maximum absolute atomic E-state index is 12.0. The van der Waals surface area contributed by atoms with E-state index in [9.17, 15) is 9.59 Å². The molecular weight excluding hydrogens is 234 g/mol. The lowest BCUT2D eigenvalue weighted by atomic mass is 10.2. The number of ether oxygens (including phenoxy) is 1. The molecule has 2 aliphatic heterocycles. The van der Waals surface area contributed by atoms with E-state index in [1.54, 1.807) is 6.92 Å². The van der Waals surface area contributed by atoms with Gasteiger partial charge in [-0.25, -0.2) is 4.79 Å². The maximum Gasteiger partial charge on any atom is 0.315 e. The van der Waals surface area contributed by atoms with E-state index in [0.717, 1.165) is 32.4 Å². The van der Waals surface area contributed by atoms with Crippen molar-refractivity contribution < 1.29 is 14.3 Å². The summed E-state index contributed by atoms with van der Waals surface area (Å²) in [4.78, 5) is 25.5. The summed E-state index contributed by atoms with van der Waals surface area (Å²) in [6, 6.07) is -0.685. The van der Waals surface area contributed by atoms with Crippen molar-refractivity contribution in [3.8, 4) is 0 Å². The predicted octanol–water partition coefficient (Wildman–Crippen LogP) is 0.0854. The van der Waals surface area contributed by atoms with Crippen molar-refractivity contribution in [1.82, 2.24) is 15.5 Å². The molecule has 2 saturated heterocycles. The predicted molar refractivity (Wildman–Crippen MR) is 66.2 cm³/mol. The van der Waals surface area contributed by atoms with E-state index in [0.29, 0.717) is 13.2 Å². The van der Waals surface area contributed by atoms with E-state index in [1.165, 1.54) is 0 Å². The van der Waals surface area contributed by atoms with Crippen LogP contribution in [-0.2, 0) is 9.53 Å². The third-order valence-electron chi connectivity index (χ3n) is 3.40. The molecule has 0 spiro atoms. The summed E-state index contributed by atoms with van der Waals surface area (Å²) in [5, 5.41) is 5.50. The first-order valence-electron chi connectivity index (χ1n) is 6.60. The van der Waals surface area contributed by atoms with Gasteiger partial charge in [-0.2, -0.15) is 0 Å². The summed E-state index contributed by atoms with van der Waals surface area (Å²) in [5.74, 6) is 0.00493. The number of carbonyl (C=O) groups is 2. The molecule has 0 saturated carbocycles. The number of urea groups is 1. The molecule has 102 valence electrons. The fraction of sp³-hybridized carbons (Fsp3) is 0.833. The molecule has 0 bridgehead atoms. The molecule has 2 N–H and O–H groups in total. The molecule has 2 atom stereocenters. The van der Waals surface area contributed by atoms with Gasteiger partial charge in [0, 0.05) is 19.7 Å². The maximum atomic E-state index is 12.0. The minimum absolute atomic E-state index is 0.00493. The Hall–Kier alpha value is -1.30. The Morgan fingerprint density at radius 1 is 1.33 bits per heavy atom. The second kappa shape index (κ2) is 6.04.